The van der Waals surface area contributed by atoms with Crippen LogP contribution in [0.15, 0.2) is 91.1 Å². The molecular formula is C47H52N4O. The Morgan fingerprint density at radius 3 is 2.21 bits per heavy atom. The third-order valence-corrected chi connectivity index (χ3v) is 10.2. The van der Waals surface area contributed by atoms with E-state index in [0.29, 0.717) is 11.8 Å². The monoisotopic (exact) mass is 688 g/mol. The molecule has 0 aliphatic rings. The predicted molar refractivity (Wildman–Crippen MR) is 218 cm³/mol. The Morgan fingerprint density at radius 2 is 1.48 bits per heavy atom. The summed E-state index contributed by atoms with van der Waals surface area (Å²) in [6, 6.07) is 30.6. The summed E-state index contributed by atoms with van der Waals surface area (Å²) < 4.78 is 11.3. The minimum Gasteiger partial charge on any atom is -0.457 e. The van der Waals surface area contributed by atoms with Crippen LogP contribution in [0.25, 0.3) is 44.4 Å². The van der Waals surface area contributed by atoms with Crippen molar-refractivity contribution in [2.45, 2.75) is 93.9 Å². The Labute approximate surface area is 309 Å². The van der Waals surface area contributed by atoms with E-state index < -0.39 is 0 Å². The molecule has 0 saturated heterocycles. The van der Waals surface area contributed by atoms with E-state index in [1.807, 2.05) is 6.20 Å². The summed E-state index contributed by atoms with van der Waals surface area (Å²) in [5.74, 6) is 3.40. The SMILES string of the molecule is CCCCc1c(-c2c(C)cc(C)cc2C)c(C)nn1-c1cc(Oc2ccc3c4ccccc4n(-c4cc(CC(C)C)ccn4)c3c2)cc(C(C)C)c1. The van der Waals surface area contributed by atoms with Gasteiger partial charge in [0.2, 0.25) is 0 Å². The Hall–Kier alpha value is -5.16. The van der Waals surface area contributed by atoms with E-state index in [1.165, 1.54) is 55.4 Å². The lowest BCUT2D eigenvalue weighted by Gasteiger charge is -2.17. The van der Waals surface area contributed by atoms with Crippen LogP contribution < -0.4 is 4.74 Å². The Bertz CT molecular complexity index is 2380. The average molecular weight is 689 g/mol. The van der Waals surface area contributed by atoms with Crippen molar-refractivity contribution >= 4 is 21.8 Å². The first-order valence-electron chi connectivity index (χ1n) is 19.0. The number of hydrogen-bond donors (Lipinski definition) is 0. The molecule has 0 N–H and O–H groups in total. The zero-order chi connectivity index (χ0) is 36.7. The van der Waals surface area contributed by atoms with Crippen molar-refractivity contribution in [2.75, 3.05) is 0 Å². The number of rotatable bonds is 11. The molecular weight excluding hydrogens is 637 g/mol. The minimum atomic E-state index is 0.313. The first-order chi connectivity index (χ1) is 25.0. The molecule has 0 unspecified atom stereocenters. The van der Waals surface area contributed by atoms with E-state index in [0.717, 1.165) is 65.4 Å². The van der Waals surface area contributed by atoms with Crippen molar-refractivity contribution in [3.63, 3.8) is 0 Å². The summed E-state index contributed by atoms with van der Waals surface area (Å²) in [4.78, 5) is 4.87. The molecule has 5 nitrogen and oxygen atoms in total. The predicted octanol–water partition coefficient (Wildman–Crippen LogP) is 12.7. The molecule has 52 heavy (non-hydrogen) atoms. The molecule has 0 bridgehead atoms. The number of pyridine rings is 1. The molecule has 266 valence electrons. The van der Waals surface area contributed by atoms with Crippen LogP contribution in [0.4, 0.5) is 0 Å². The number of benzene rings is 4. The normalized spacial score (nSPS) is 11.8. The van der Waals surface area contributed by atoms with Gasteiger partial charge in [0.1, 0.15) is 17.3 Å². The highest BCUT2D eigenvalue weighted by Crippen LogP contribution is 2.39. The minimum absolute atomic E-state index is 0.313. The number of hydrogen-bond acceptors (Lipinski definition) is 3. The van der Waals surface area contributed by atoms with Gasteiger partial charge in [-0.2, -0.15) is 5.10 Å². The molecule has 0 radical (unpaired) electrons. The van der Waals surface area contributed by atoms with Crippen LogP contribution in [0, 0.1) is 33.6 Å². The van der Waals surface area contributed by atoms with Gasteiger partial charge in [0.05, 0.1) is 28.1 Å². The molecule has 0 amide bonds. The largest absolute Gasteiger partial charge is 0.457 e. The Morgan fingerprint density at radius 1 is 0.731 bits per heavy atom. The zero-order valence-electron chi connectivity index (χ0n) is 32.3. The van der Waals surface area contributed by atoms with Gasteiger partial charge in [-0.3, -0.25) is 4.57 Å². The lowest BCUT2D eigenvalue weighted by Crippen LogP contribution is -2.05. The van der Waals surface area contributed by atoms with Crippen molar-refractivity contribution in [3.8, 4) is 34.1 Å². The van der Waals surface area contributed by atoms with Gasteiger partial charge in [0, 0.05) is 34.7 Å². The topological polar surface area (TPSA) is 44.9 Å². The van der Waals surface area contributed by atoms with Crippen LogP contribution in [0.2, 0.25) is 0 Å². The molecule has 7 rings (SSSR count). The van der Waals surface area contributed by atoms with Crippen molar-refractivity contribution in [2.24, 2.45) is 5.92 Å². The molecule has 4 aromatic carbocycles. The molecule has 3 heterocycles. The van der Waals surface area contributed by atoms with E-state index >= 15 is 0 Å². The number of para-hydroxylation sites is 1. The zero-order valence-corrected chi connectivity index (χ0v) is 32.3. The Balaban J connectivity index is 1.35. The van der Waals surface area contributed by atoms with E-state index in [4.69, 9.17) is 14.8 Å². The van der Waals surface area contributed by atoms with Gasteiger partial charge in [-0.15, -0.1) is 0 Å². The van der Waals surface area contributed by atoms with Crippen molar-refractivity contribution in [1.29, 1.82) is 0 Å². The lowest BCUT2D eigenvalue weighted by atomic mass is 9.91. The number of fused-ring (bicyclic) bond motifs is 3. The van der Waals surface area contributed by atoms with Crippen molar-refractivity contribution in [3.05, 3.63) is 130 Å². The van der Waals surface area contributed by atoms with Gasteiger partial charge < -0.3 is 4.74 Å². The van der Waals surface area contributed by atoms with Crippen LogP contribution in [0.3, 0.4) is 0 Å². The van der Waals surface area contributed by atoms with Crippen molar-refractivity contribution in [1.82, 2.24) is 19.3 Å². The maximum Gasteiger partial charge on any atom is 0.137 e. The van der Waals surface area contributed by atoms with Gasteiger partial charge in [0.25, 0.3) is 0 Å². The number of unbranched alkanes of at least 4 members (excludes halogenated alkanes) is 1. The molecule has 5 heteroatoms. The molecule has 0 spiro atoms. The van der Waals surface area contributed by atoms with Crippen LogP contribution in [-0.2, 0) is 12.8 Å². The summed E-state index contributed by atoms with van der Waals surface area (Å²) >= 11 is 0. The second-order valence-electron chi connectivity index (χ2n) is 15.4. The molecule has 0 atom stereocenters. The number of aromatic nitrogens is 4. The van der Waals surface area contributed by atoms with Gasteiger partial charge >= 0.3 is 0 Å². The third-order valence-electron chi connectivity index (χ3n) is 10.2. The molecule has 0 saturated carbocycles. The molecule has 7 aromatic rings. The van der Waals surface area contributed by atoms with Crippen LogP contribution in [-0.4, -0.2) is 19.3 Å². The second-order valence-corrected chi connectivity index (χ2v) is 15.4. The molecule has 3 aromatic heterocycles. The first kappa shape index (κ1) is 35.3. The van der Waals surface area contributed by atoms with Gasteiger partial charge in [-0.25, -0.2) is 9.67 Å². The van der Waals surface area contributed by atoms with Crippen LogP contribution >= 0.6 is 0 Å². The quantitative estimate of drug-likeness (QED) is 0.136. The highest BCUT2D eigenvalue weighted by atomic mass is 16.5. The summed E-state index contributed by atoms with van der Waals surface area (Å²) in [7, 11) is 0. The second kappa shape index (κ2) is 14.5. The summed E-state index contributed by atoms with van der Waals surface area (Å²) in [5.41, 5.74) is 14.5. The summed E-state index contributed by atoms with van der Waals surface area (Å²) in [6.45, 7) is 20.1. The number of ether oxygens (including phenoxy) is 1. The molecule has 0 aliphatic carbocycles. The fraction of sp³-hybridized carbons (Fsp3) is 0.319. The number of aryl methyl sites for hydroxylation is 4. The number of nitrogens with zero attached hydrogens (tertiary/aromatic N) is 4. The summed E-state index contributed by atoms with van der Waals surface area (Å²) in [5, 5.41) is 7.63. The van der Waals surface area contributed by atoms with Gasteiger partial charge in [-0.05, 0) is 129 Å². The highest BCUT2D eigenvalue weighted by Gasteiger charge is 2.22. The summed E-state index contributed by atoms with van der Waals surface area (Å²) in [6.07, 6.45) is 6.11. The highest BCUT2D eigenvalue weighted by molar-refractivity contribution is 6.09. The third kappa shape index (κ3) is 6.77. The van der Waals surface area contributed by atoms with E-state index in [9.17, 15) is 0 Å². The average Bonchev–Trinajstić information content (AvgIpc) is 3.60. The first-order valence-corrected chi connectivity index (χ1v) is 19.0. The standard InChI is InChI=1S/C47H52N4O/c1-10-11-15-43-47(46-32(7)22-31(6)23-33(46)8)34(9)49-51(43)37-25-36(30(4)5)26-39(27-37)52-38-17-18-41-40-14-12-13-16-42(40)50(44(41)28-38)45-24-35(19-20-48-45)21-29(2)3/h12-14,16-20,22-30H,10-11,15,21H2,1-9H3. The fourth-order valence-corrected chi connectivity index (χ4v) is 7.96. The van der Waals surface area contributed by atoms with Crippen molar-refractivity contribution < 1.29 is 4.74 Å². The van der Waals surface area contributed by atoms with Gasteiger partial charge in [-0.1, -0.05) is 76.9 Å². The smallest absolute Gasteiger partial charge is 0.137 e. The lowest BCUT2D eigenvalue weighted by molar-refractivity contribution is 0.481. The molecule has 0 aliphatic heterocycles. The van der Waals surface area contributed by atoms with Gasteiger partial charge in [0.15, 0.2) is 0 Å². The van der Waals surface area contributed by atoms with Crippen LogP contribution in [0.5, 0.6) is 11.5 Å². The van der Waals surface area contributed by atoms with E-state index in [2.05, 4.69) is 156 Å². The molecule has 0 fully saturated rings. The van der Waals surface area contributed by atoms with E-state index in [1.54, 1.807) is 0 Å². The maximum atomic E-state index is 6.82. The van der Waals surface area contributed by atoms with Crippen LogP contribution in [0.1, 0.15) is 92.6 Å². The fourth-order valence-electron chi connectivity index (χ4n) is 7.96. The maximum absolute atomic E-state index is 6.82. The Kier molecular flexibility index (Phi) is 9.80. The van der Waals surface area contributed by atoms with E-state index in [-0.39, 0.29) is 0 Å².